The van der Waals surface area contributed by atoms with Gasteiger partial charge in [0.05, 0.1) is 6.61 Å². The highest BCUT2D eigenvalue weighted by Gasteiger charge is 2.15. The first-order valence-corrected chi connectivity index (χ1v) is 10.1. The van der Waals surface area contributed by atoms with Gasteiger partial charge in [0.1, 0.15) is 0 Å². The van der Waals surface area contributed by atoms with E-state index in [1.165, 1.54) is 64.2 Å². The van der Waals surface area contributed by atoms with E-state index in [4.69, 9.17) is 4.74 Å². The predicted octanol–water partition coefficient (Wildman–Crippen LogP) is 5.78. The molecule has 0 rings (SSSR count). The van der Waals surface area contributed by atoms with E-state index in [0.717, 1.165) is 25.7 Å². The summed E-state index contributed by atoms with van der Waals surface area (Å²) in [6, 6.07) is 0. The van der Waals surface area contributed by atoms with Gasteiger partial charge in [-0.2, -0.15) is 0 Å². The minimum Gasteiger partial charge on any atom is -0.464 e. The van der Waals surface area contributed by atoms with Crippen molar-refractivity contribution in [3.63, 3.8) is 0 Å². The summed E-state index contributed by atoms with van der Waals surface area (Å²) in [6.45, 7) is 4.86. The third kappa shape index (κ3) is 16.1. The van der Waals surface area contributed by atoms with Gasteiger partial charge in [0.25, 0.3) is 0 Å². The Labute approximate surface area is 144 Å². The molecule has 1 unspecified atom stereocenters. The van der Waals surface area contributed by atoms with Crippen LogP contribution in [0.2, 0.25) is 0 Å². The standard InChI is InChI=1S/C20H40O3/c1-3-5-7-9-10-11-12-13-14-16-18-23-20(22)19(21)17-15-8-6-4-2/h19,21H,3-18H2,1-2H3. The number of unbranched alkanes of at least 4 members (excludes halogenated alkanes) is 12. The van der Waals surface area contributed by atoms with Crippen LogP contribution in [0.25, 0.3) is 0 Å². The van der Waals surface area contributed by atoms with E-state index in [-0.39, 0.29) is 0 Å². The normalized spacial score (nSPS) is 12.3. The zero-order valence-corrected chi connectivity index (χ0v) is 15.7. The van der Waals surface area contributed by atoms with Gasteiger partial charge in [0.15, 0.2) is 6.10 Å². The lowest BCUT2D eigenvalue weighted by Crippen LogP contribution is -2.23. The number of hydrogen-bond acceptors (Lipinski definition) is 3. The molecule has 0 radical (unpaired) electrons. The zero-order chi connectivity index (χ0) is 17.2. The maximum absolute atomic E-state index is 11.6. The predicted molar refractivity (Wildman–Crippen MR) is 97.6 cm³/mol. The average molecular weight is 329 g/mol. The highest BCUT2D eigenvalue weighted by molar-refractivity contribution is 5.74. The van der Waals surface area contributed by atoms with E-state index in [1.807, 2.05) is 0 Å². The molecule has 23 heavy (non-hydrogen) atoms. The highest BCUT2D eigenvalue weighted by atomic mass is 16.5. The van der Waals surface area contributed by atoms with Crippen LogP contribution < -0.4 is 0 Å². The molecule has 0 aliphatic heterocycles. The molecule has 0 bridgehead atoms. The minimum absolute atomic E-state index is 0.433. The summed E-state index contributed by atoms with van der Waals surface area (Å²) in [5.74, 6) is -0.433. The lowest BCUT2D eigenvalue weighted by molar-refractivity contribution is -0.154. The molecule has 0 fully saturated rings. The number of ether oxygens (including phenoxy) is 1. The van der Waals surface area contributed by atoms with E-state index < -0.39 is 12.1 Å². The van der Waals surface area contributed by atoms with E-state index >= 15 is 0 Å². The molecule has 0 aliphatic rings. The fourth-order valence-electron chi connectivity index (χ4n) is 2.74. The van der Waals surface area contributed by atoms with Crippen molar-refractivity contribution in [2.45, 2.75) is 116 Å². The van der Waals surface area contributed by atoms with Crippen molar-refractivity contribution in [2.75, 3.05) is 6.61 Å². The number of aliphatic hydroxyl groups excluding tert-OH is 1. The number of hydrogen-bond donors (Lipinski definition) is 1. The number of esters is 1. The van der Waals surface area contributed by atoms with E-state index in [1.54, 1.807) is 0 Å². The van der Waals surface area contributed by atoms with Crippen molar-refractivity contribution in [3.8, 4) is 0 Å². The molecule has 0 heterocycles. The molecular weight excluding hydrogens is 288 g/mol. The summed E-state index contributed by atoms with van der Waals surface area (Å²) in [4.78, 5) is 11.6. The number of rotatable bonds is 17. The molecule has 0 spiro atoms. The zero-order valence-electron chi connectivity index (χ0n) is 15.7. The molecule has 0 aromatic heterocycles. The second-order valence-electron chi connectivity index (χ2n) is 6.71. The number of aliphatic hydroxyl groups is 1. The first-order chi connectivity index (χ1) is 11.2. The van der Waals surface area contributed by atoms with Crippen LogP contribution in [0.3, 0.4) is 0 Å². The molecule has 138 valence electrons. The lowest BCUT2D eigenvalue weighted by atomic mass is 10.1. The molecule has 0 amide bonds. The summed E-state index contributed by atoms with van der Waals surface area (Å²) in [5.41, 5.74) is 0. The summed E-state index contributed by atoms with van der Waals surface area (Å²) in [5, 5.41) is 9.70. The van der Waals surface area contributed by atoms with Gasteiger partial charge in [-0.3, -0.25) is 0 Å². The molecular formula is C20H40O3. The van der Waals surface area contributed by atoms with Crippen LogP contribution in [-0.2, 0) is 9.53 Å². The van der Waals surface area contributed by atoms with Crippen molar-refractivity contribution in [1.82, 2.24) is 0 Å². The Bertz CT molecular complexity index is 253. The maximum atomic E-state index is 11.6. The summed E-state index contributed by atoms with van der Waals surface area (Å²) >= 11 is 0. The molecule has 1 atom stereocenters. The van der Waals surface area contributed by atoms with Gasteiger partial charge in [0.2, 0.25) is 0 Å². The van der Waals surface area contributed by atoms with Gasteiger partial charge in [0, 0.05) is 0 Å². The Morgan fingerprint density at radius 3 is 1.70 bits per heavy atom. The SMILES string of the molecule is CCCCCCCCCCCCOC(=O)C(O)CCCCCC. The Kier molecular flexibility index (Phi) is 17.3. The van der Waals surface area contributed by atoms with E-state index in [9.17, 15) is 9.90 Å². The molecule has 0 saturated carbocycles. The molecule has 0 aromatic rings. The van der Waals surface area contributed by atoms with Crippen LogP contribution in [0.4, 0.5) is 0 Å². The molecule has 3 heteroatoms. The van der Waals surface area contributed by atoms with E-state index in [2.05, 4.69) is 13.8 Å². The Morgan fingerprint density at radius 1 is 0.739 bits per heavy atom. The van der Waals surface area contributed by atoms with Crippen LogP contribution in [0.5, 0.6) is 0 Å². The van der Waals surface area contributed by atoms with Crippen LogP contribution in [0.1, 0.15) is 110 Å². The summed E-state index contributed by atoms with van der Waals surface area (Å²) in [6.07, 6.45) is 16.6. The highest BCUT2D eigenvalue weighted by Crippen LogP contribution is 2.11. The third-order valence-corrected chi connectivity index (χ3v) is 4.35. The Hall–Kier alpha value is -0.570. The first-order valence-electron chi connectivity index (χ1n) is 10.1. The van der Waals surface area contributed by atoms with Crippen molar-refractivity contribution < 1.29 is 14.6 Å². The lowest BCUT2D eigenvalue weighted by Gasteiger charge is -2.10. The second-order valence-corrected chi connectivity index (χ2v) is 6.71. The van der Waals surface area contributed by atoms with Gasteiger partial charge < -0.3 is 9.84 Å². The number of carbonyl (C=O) groups excluding carboxylic acids is 1. The quantitative estimate of drug-likeness (QED) is 0.272. The Balaban J connectivity index is 3.28. The van der Waals surface area contributed by atoms with Gasteiger partial charge >= 0.3 is 5.97 Å². The third-order valence-electron chi connectivity index (χ3n) is 4.35. The summed E-state index contributed by atoms with van der Waals surface area (Å²) in [7, 11) is 0. The van der Waals surface area contributed by atoms with E-state index in [0.29, 0.717) is 13.0 Å². The Morgan fingerprint density at radius 2 is 1.17 bits per heavy atom. The van der Waals surface area contributed by atoms with Gasteiger partial charge in [-0.05, 0) is 12.8 Å². The van der Waals surface area contributed by atoms with Gasteiger partial charge in [-0.15, -0.1) is 0 Å². The largest absolute Gasteiger partial charge is 0.464 e. The van der Waals surface area contributed by atoms with Crippen molar-refractivity contribution in [1.29, 1.82) is 0 Å². The average Bonchev–Trinajstić information content (AvgIpc) is 2.56. The van der Waals surface area contributed by atoms with Crippen LogP contribution >= 0.6 is 0 Å². The second kappa shape index (κ2) is 17.8. The first kappa shape index (κ1) is 22.4. The molecule has 3 nitrogen and oxygen atoms in total. The smallest absolute Gasteiger partial charge is 0.334 e. The van der Waals surface area contributed by atoms with Crippen LogP contribution in [0.15, 0.2) is 0 Å². The topological polar surface area (TPSA) is 46.5 Å². The molecule has 0 saturated heterocycles. The fourth-order valence-corrected chi connectivity index (χ4v) is 2.74. The monoisotopic (exact) mass is 328 g/mol. The van der Waals surface area contributed by atoms with Crippen molar-refractivity contribution in [3.05, 3.63) is 0 Å². The van der Waals surface area contributed by atoms with Gasteiger partial charge in [-0.1, -0.05) is 97.3 Å². The molecule has 0 aliphatic carbocycles. The number of carbonyl (C=O) groups is 1. The van der Waals surface area contributed by atoms with Crippen LogP contribution in [0, 0.1) is 0 Å². The van der Waals surface area contributed by atoms with Crippen LogP contribution in [-0.4, -0.2) is 23.8 Å². The fraction of sp³-hybridized carbons (Fsp3) is 0.950. The molecule has 1 N–H and O–H groups in total. The molecule has 0 aromatic carbocycles. The maximum Gasteiger partial charge on any atom is 0.334 e. The minimum atomic E-state index is -0.921. The van der Waals surface area contributed by atoms with Crippen molar-refractivity contribution in [2.24, 2.45) is 0 Å². The van der Waals surface area contributed by atoms with Crippen molar-refractivity contribution >= 4 is 5.97 Å². The van der Waals surface area contributed by atoms with Gasteiger partial charge in [-0.25, -0.2) is 4.79 Å². The summed E-state index contributed by atoms with van der Waals surface area (Å²) < 4.78 is 5.14.